The van der Waals surface area contributed by atoms with Gasteiger partial charge in [0, 0.05) is 18.0 Å². The lowest BCUT2D eigenvalue weighted by atomic mass is 10.1. The smallest absolute Gasteiger partial charge is 0.106 e. The van der Waals surface area contributed by atoms with Crippen LogP contribution < -0.4 is 5.32 Å². The number of imidazole rings is 1. The van der Waals surface area contributed by atoms with Crippen LogP contribution in [0.5, 0.6) is 0 Å². The number of H-pyrrole nitrogens is 1. The predicted molar refractivity (Wildman–Crippen MR) is 69.3 cm³/mol. The second-order valence-corrected chi connectivity index (χ2v) is 5.97. The van der Waals surface area contributed by atoms with Crippen LogP contribution in [0.25, 0.3) is 0 Å². The number of hydrogen-bond donors (Lipinski definition) is 2. The first-order valence-electron chi connectivity index (χ1n) is 7.03. The van der Waals surface area contributed by atoms with Crippen molar-refractivity contribution in [2.75, 3.05) is 13.1 Å². The molecule has 0 aromatic carbocycles. The first-order chi connectivity index (χ1) is 8.24. The quantitative estimate of drug-likeness (QED) is 0.839. The van der Waals surface area contributed by atoms with Crippen molar-refractivity contribution in [3.8, 4) is 0 Å². The van der Waals surface area contributed by atoms with Crippen LogP contribution in [0.15, 0.2) is 0 Å². The summed E-state index contributed by atoms with van der Waals surface area (Å²) in [6, 6.07) is 0. The molecule has 1 aromatic rings. The Morgan fingerprint density at radius 2 is 2.12 bits per heavy atom. The van der Waals surface area contributed by atoms with E-state index in [0.29, 0.717) is 5.92 Å². The van der Waals surface area contributed by atoms with Gasteiger partial charge in [0.15, 0.2) is 0 Å². The topological polar surface area (TPSA) is 40.7 Å². The summed E-state index contributed by atoms with van der Waals surface area (Å²) >= 11 is 0. The summed E-state index contributed by atoms with van der Waals surface area (Å²) in [5.41, 5.74) is 2.77. The number of aromatic nitrogens is 2. The molecule has 2 heterocycles. The minimum atomic E-state index is 0.553. The van der Waals surface area contributed by atoms with Gasteiger partial charge in [0.05, 0.1) is 5.69 Å². The van der Waals surface area contributed by atoms with E-state index in [-0.39, 0.29) is 0 Å². The number of hydrogen-bond acceptors (Lipinski definition) is 2. The highest BCUT2D eigenvalue weighted by atomic mass is 15.0. The molecule has 94 valence electrons. The van der Waals surface area contributed by atoms with Gasteiger partial charge >= 0.3 is 0 Å². The monoisotopic (exact) mass is 233 g/mol. The van der Waals surface area contributed by atoms with E-state index in [1.807, 2.05) is 0 Å². The molecule has 1 saturated carbocycles. The maximum atomic E-state index is 4.85. The van der Waals surface area contributed by atoms with Crippen molar-refractivity contribution in [3.63, 3.8) is 0 Å². The van der Waals surface area contributed by atoms with Crippen LogP contribution in [0, 0.1) is 5.92 Å². The molecule has 3 heteroatoms. The Morgan fingerprint density at radius 3 is 2.71 bits per heavy atom. The highest BCUT2D eigenvalue weighted by Gasteiger charge is 2.30. The molecule has 2 fully saturated rings. The van der Waals surface area contributed by atoms with Gasteiger partial charge in [0.2, 0.25) is 0 Å². The molecule has 0 amide bonds. The Morgan fingerprint density at radius 1 is 1.29 bits per heavy atom. The lowest BCUT2D eigenvalue weighted by Crippen LogP contribution is -2.11. The SMILES string of the molecule is CC(C)c1nc(CC2CCNC2)[nH]c1C1CC1. The van der Waals surface area contributed by atoms with Gasteiger partial charge in [-0.2, -0.15) is 0 Å². The van der Waals surface area contributed by atoms with Crippen molar-refractivity contribution >= 4 is 0 Å². The van der Waals surface area contributed by atoms with Crippen molar-refractivity contribution < 1.29 is 0 Å². The van der Waals surface area contributed by atoms with E-state index in [1.54, 1.807) is 0 Å². The molecule has 0 radical (unpaired) electrons. The maximum Gasteiger partial charge on any atom is 0.106 e. The minimum absolute atomic E-state index is 0.553. The normalized spacial score (nSPS) is 24.8. The Hall–Kier alpha value is -0.830. The van der Waals surface area contributed by atoms with E-state index in [1.165, 1.54) is 43.0 Å². The number of nitrogens with one attached hydrogen (secondary N) is 2. The Labute approximate surface area is 103 Å². The molecule has 1 saturated heterocycles. The average Bonchev–Trinajstić information content (AvgIpc) is 2.86. The summed E-state index contributed by atoms with van der Waals surface area (Å²) in [6.45, 7) is 6.85. The van der Waals surface area contributed by atoms with E-state index in [9.17, 15) is 0 Å². The fourth-order valence-corrected chi connectivity index (χ4v) is 2.84. The zero-order chi connectivity index (χ0) is 11.8. The number of rotatable bonds is 4. The van der Waals surface area contributed by atoms with E-state index in [4.69, 9.17) is 4.98 Å². The molecular formula is C14H23N3. The molecule has 1 aromatic heterocycles. The molecular weight excluding hydrogens is 210 g/mol. The van der Waals surface area contributed by atoms with Crippen molar-refractivity contribution in [2.24, 2.45) is 5.92 Å². The molecule has 2 aliphatic rings. The molecule has 2 N–H and O–H groups in total. The van der Waals surface area contributed by atoms with Gasteiger partial charge in [0.1, 0.15) is 5.82 Å². The third kappa shape index (κ3) is 2.39. The van der Waals surface area contributed by atoms with E-state index in [0.717, 1.165) is 24.8 Å². The molecule has 1 atom stereocenters. The van der Waals surface area contributed by atoms with Gasteiger partial charge in [-0.05, 0) is 44.2 Å². The molecule has 1 unspecified atom stereocenters. The Kier molecular flexibility index (Phi) is 2.95. The van der Waals surface area contributed by atoms with Crippen molar-refractivity contribution in [1.29, 1.82) is 0 Å². The fourth-order valence-electron chi connectivity index (χ4n) is 2.84. The highest BCUT2D eigenvalue weighted by Crippen LogP contribution is 2.42. The second-order valence-electron chi connectivity index (χ2n) is 5.97. The Bertz CT molecular complexity index is 365. The number of nitrogens with zero attached hydrogens (tertiary/aromatic N) is 1. The zero-order valence-corrected chi connectivity index (χ0v) is 10.9. The van der Waals surface area contributed by atoms with Gasteiger partial charge in [-0.25, -0.2) is 4.98 Å². The molecule has 1 aliphatic heterocycles. The maximum absolute atomic E-state index is 4.85. The summed E-state index contributed by atoms with van der Waals surface area (Å²) in [5, 5.41) is 3.43. The third-order valence-corrected chi connectivity index (χ3v) is 3.99. The average molecular weight is 233 g/mol. The van der Waals surface area contributed by atoms with Crippen LogP contribution in [0.4, 0.5) is 0 Å². The lowest BCUT2D eigenvalue weighted by molar-refractivity contribution is 0.563. The lowest BCUT2D eigenvalue weighted by Gasteiger charge is -2.04. The van der Waals surface area contributed by atoms with E-state index < -0.39 is 0 Å². The molecule has 3 nitrogen and oxygen atoms in total. The van der Waals surface area contributed by atoms with Crippen LogP contribution in [-0.2, 0) is 6.42 Å². The summed E-state index contributed by atoms with van der Waals surface area (Å²) in [7, 11) is 0. The van der Waals surface area contributed by atoms with Crippen LogP contribution in [0.3, 0.4) is 0 Å². The molecule has 17 heavy (non-hydrogen) atoms. The summed E-state index contributed by atoms with van der Waals surface area (Å²) in [5.74, 6) is 3.35. The fraction of sp³-hybridized carbons (Fsp3) is 0.786. The first kappa shape index (κ1) is 11.3. The van der Waals surface area contributed by atoms with Crippen LogP contribution >= 0.6 is 0 Å². The summed E-state index contributed by atoms with van der Waals surface area (Å²) in [4.78, 5) is 8.46. The van der Waals surface area contributed by atoms with Crippen molar-refractivity contribution in [3.05, 3.63) is 17.2 Å². The Balaban J connectivity index is 1.77. The number of aromatic amines is 1. The van der Waals surface area contributed by atoms with Crippen LogP contribution in [-0.4, -0.2) is 23.1 Å². The standard InChI is InChI=1S/C14H23N3/c1-9(2)13-14(11-3-4-11)17-12(16-13)7-10-5-6-15-8-10/h9-11,15H,3-8H2,1-2H3,(H,16,17). The van der Waals surface area contributed by atoms with Crippen LogP contribution in [0.1, 0.15) is 62.2 Å². The van der Waals surface area contributed by atoms with Gasteiger partial charge in [-0.1, -0.05) is 13.8 Å². The molecule has 0 spiro atoms. The molecule has 0 bridgehead atoms. The molecule has 1 aliphatic carbocycles. The summed E-state index contributed by atoms with van der Waals surface area (Å²) < 4.78 is 0. The third-order valence-electron chi connectivity index (χ3n) is 3.99. The zero-order valence-electron chi connectivity index (χ0n) is 10.9. The summed E-state index contributed by atoms with van der Waals surface area (Å²) in [6.07, 6.45) is 5.13. The molecule has 3 rings (SSSR count). The van der Waals surface area contributed by atoms with Crippen LogP contribution in [0.2, 0.25) is 0 Å². The van der Waals surface area contributed by atoms with E-state index >= 15 is 0 Å². The first-order valence-corrected chi connectivity index (χ1v) is 7.03. The van der Waals surface area contributed by atoms with Gasteiger partial charge < -0.3 is 10.3 Å². The van der Waals surface area contributed by atoms with Crippen molar-refractivity contribution in [2.45, 2.75) is 51.4 Å². The van der Waals surface area contributed by atoms with Gasteiger partial charge in [-0.3, -0.25) is 0 Å². The second kappa shape index (κ2) is 4.45. The predicted octanol–water partition coefficient (Wildman–Crippen LogP) is 2.56. The van der Waals surface area contributed by atoms with Gasteiger partial charge in [0.25, 0.3) is 0 Å². The van der Waals surface area contributed by atoms with Gasteiger partial charge in [-0.15, -0.1) is 0 Å². The minimum Gasteiger partial charge on any atom is -0.345 e. The van der Waals surface area contributed by atoms with Crippen molar-refractivity contribution in [1.82, 2.24) is 15.3 Å². The largest absolute Gasteiger partial charge is 0.345 e. The highest BCUT2D eigenvalue weighted by molar-refractivity contribution is 5.25. The van der Waals surface area contributed by atoms with E-state index in [2.05, 4.69) is 24.1 Å².